The molecule has 94 valence electrons. The summed E-state index contributed by atoms with van der Waals surface area (Å²) in [5.74, 6) is 0.797. The summed E-state index contributed by atoms with van der Waals surface area (Å²) < 4.78 is 13.1. The first-order valence-electron chi connectivity index (χ1n) is 5.75. The lowest BCUT2D eigenvalue weighted by atomic mass is 9.98. The number of halogens is 1. The lowest BCUT2D eigenvalue weighted by Crippen LogP contribution is -2.19. The first kappa shape index (κ1) is 13.9. The van der Waals surface area contributed by atoms with Crippen molar-refractivity contribution in [2.75, 3.05) is 11.9 Å². The summed E-state index contributed by atoms with van der Waals surface area (Å²) in [7, 11) is 0. The van der Waals surface area contributed by atoms with Crippen LogP contribution >= 0.6 is 12.2 Å². The summed E-state index contributed by atoms with van der Waals surface area (Å²) in [4.78, 5) is 0.212. The van der Waals surface area contributed by atoms with Crippen molar-refractivity contribution in [1.82, 2.24) is 0 Å². The number of thiocarbonyl (C=S) groups is 1. The van der Waals surface area contributed by atoms with E-state index in [0.29, 0.717) is 17.4 Å². The molecule has 0 aliphatic heterocycles. The molecule has 1 atom stereocenters. The van der Waals surface area contributed by atoms with E-state index in [-0.39, 0.29) is 10.8 Å². The van der Waals surface area contributed by atoms with Gasteiger partial charge in [0.25, 0.3) is 0 Å². The van der Waals surface area contributed by atoms with Gasteiger partial charge in [-0.25, -0.2) is 4.39 Å². The Balaban J connectivity index is 2.80. The van der Waals surface area contributed by atoms with Crippen molar-refractivity contribution < 1.29 is 4.39 Å². The SMILES string of the molecule is CC(C)C(C)CNc1ccc(F)cc1C(N)=S. The van der Waals surface area contributed by atoms with Crippen LogP contribution < -0.4 is 11.1 Å². The lowest BCUT2D eigenvalue weighted by molar-refractivity contribution is 0.440. The molecule has 0 saturated heterocycles. The smallest absolute Gasteiger partial charge is 0.124 e. The highest BCUT2D eigenvalue weighted by Gasteiger charge is 2.10. The Kier molecular flexibility index (Phi) is 4.87. The van der Waals surface area contributed by atoms with Crippen molar-refractivity contribution in [3.8, 4) is 0 Å². The van der Waals surface area contributed by atoms with Crippen LogP contribution in [0.3, 0.4) is 0 Å². The van der Waals surface area contributed by atoms with Gasteiger partial charge in [-0.1, -0.05) is 33.0 Å². The van der Waals surface area contributed by atoms with E-state index in [1.165, 1.54) is 12.1 Å². The molecule has 2 nitrogen and oxygen atoms in total. The third-order valence-corrected chi connectivity index (χ3v) is 3.22. The number of hydrogen-bond donors (Lipinski definition) is 2. The second-order valence-electron chi connectivity index (χ2n) is 4.66. The van der Waals surface area contributed by atoms with Crippen molar-refractivity contribution in [2.45, 2.75) is 20.8 Å². The monoisotopic (exact) mass is 254 g/mol. The van der Waals surface area contributed by atoms with Gasteiger partial charge in [0.15, 0.2) is 0 Å². The van der Waals surface area contributed by atoms with Gasteiger partial charge in [0.1, 0.15) is 10.8 Å². The van der Waals surface area contributed by atoms with Crippen LogP contribution in [0.4, 0.5) is 10.1 Å². The first-order valence-corrected chi connectivity index (χ1v) is 6.16. The van der Waals surface area contributed by atoms with Gasteiger partial charge in [-0.05, 0) is 30.0 Å². The maximum absolute atomic E-state index is 13.1. The molecule has 0 saturated carbocycles. The van der Waals surface area contributed by atoms with Gasteiger partial charge in [0.05, 0.1) is 0 Å². The molecule has 1 aromatic carbocycles. The number of anilines is 1. The lowest BCUT2D eigenvalue weighted by Gasteiger charge is -2.18. The van der Waals surface area contributed by atoms with Crippen LogP contribution in [0.1, 0.15) is 26.3 Å². The molecule has 0 spiro atoms. The molecule has 0 fully saturated rings. The van der Waals surface area contributed by atoms with E-state index in [4.69, 9.17) is 18.0 Å². The molecule has 0 amide bonds. The van der Waals surface area contributed by atoms with Crippen LogP contribution in [0.2, 0.25) is 0 Å². The Morgan fingerprint density at radius 2 is 2.06 bits per heavy atom. The topological polar surface area (TPSA) is 38.0 Å². The van der Waals surface area contributed by atoms with Crippen LogP contribution in [0, 0.1) is 17.7 Å². The van der Waals surface area contributed by atoms with E-state index in [1.54, 1.807) is 6.07 Å². The van der Waals surface area contributed by atoms with Crippen molar-refractivity contribution in [2.24, 2.45) is 17.6 Å². The van der Waals surface area contributed by atoms with E-state index < -0.39 is 0 Å². The second-order valence-corrected chi connectivity index (χ2v) is 5.10. The summed E-state index contributed by atoms with van der Waals surface area (Å²) in [6, 6.07) is 4.45. The minimum Gasteiger partial charge on any atom is -0.389 e. The largest absolute Gasteiger partial charge is 0.389 e. The average molecular weight is 254 g/mol. The molecule has 4 heteroatoms. The minimum atomic E-state index is -0.324. The standard InChI is InChI=1S/C13H19FN2S/c1-8(2)9(3)7-16-12-5-4-10(14)6-11(12)13(15)17/h4-6,8-9,16H,7H2,1-3H3,(H2,15,17). The molecular formula is C13H19FN2S. The molecule has 17 heavy (non-hydrogen) atoms. The molecule has 0 aromatic heterocycles. The van der Waals surface area contributed by atoms with Gasteiger partial charge in [-0.15, -0.1) is 0 Å². The van der Waals surface area contributed by atoms with Crippen molar-refractivity contribution >= 4 is 22.9 Å². The van der Waals surface area contributed by atoms with Crippen LogP contribution in [0.25, 0.3) is 0 Å². The van der Waals surface area contributed by atoms with Gasteiger partial charge in [0.2, 0.25) is 0 Å². The fourth-order valence-corrected chi connectivity index (χ4v) is 1.55. The molecule has 1 aromatic rings. The Labute approximate surface area is 107 Å². The fourth-order valence-electron chi connectivity index (χ4n) is 1.38. The number of hydrogen-bond acceptors (Lipinski definition) is 2. The Morgan fingerprint density at radius 1 is 1.41 bits per heavy atom. The minimum absolute atomic E-state index is 0.212. The predicted molar refractivity (Wildman–Crippen MR) is 74.8 cm³/mol. The van der Waals surface area contributed by atoms with Crippen LogP contribution in [0.5, 0.6) is 0 Å². The van der Waals surface area contributed by atoms with E-state index in [9.17, 15) is 4.39 Å². The maximum Gasteiger partial charge on any atom is 0.124 e. The van der Waals surface area contributed by atoms with E-state index >= 15 is 0 Å². The average Bonchev–Trinajstić information content (AvgIpc) is 2.26. The highest BCUT2D eigenvalue weighted by Crippen LogP contribution is 2.18. The van der Waals surface area contributed by atoms with Crippen LogP contribution in [-0.2, 0) is 0 Å². The Morgan fingerprint density at radius 3 is 2.59 bits per heavy atom. The summed E-state index contributed by atoms with van der Waals surface area (Å²) in [5, 5.41) is 3.27. The first-order chi connectivity index (χ1) is 7.91. The van der Waals surface area contributed by atoms with E-state index in [1.807, 2.05) is 0 Å². The molecule has 0 radical (unpaired) electrons. The molecule has 0 aliphatic carbocycles. The summed E-state index contributed by atoms with van der Waals surface area (Å²) in [6.07, 6.45) is 0. The number of nitrogens with two attached hydrogens (primary N) is 1. The molecule has 0 bridgehead atoms. The molecule has 0 aliphatic rings. The van der Waals surface area contributed by atoms with Gasteiger partial charge < -0.3 is 11.1 Å². The summed E-state index contributed by atoms with van der Waals surface area (Å²) >= 11 is 4.91. The fraction of sp³-hybridized carbons (Fsp3) is 0.462. The Hall–Kier alpha value is -1.16. The van der Waals surface area contributed by atoms with Crippen LogP contribution in [0.15, 0.2) is 18.2 Å². The molecule has 1 unspecified atom stereocenters. The Bertz CT molecular complexity index is 404. The molecular weight excluding hydrogens is 235 g/mol. The quantitative estimate of drug-likeness (QED) is 0.793. The zero-order valence-corrected chi connectivity index (χ0v) is 11.3. The third-order valence-electron chi connectivity index (χ3n) is 3.00. The summed E-state index contributed by atoms with van der Waals surface area (Å²) in [5.41, 5.74) is 6.94. The van der Waals surface area contributed by atoms with Crippen LogP contribution in [-0.4, -0.2) is 11.5 Å². The van der Waals surface area contributed by atoms with Gasteiger partial charge in [-0.2, -0.15) is 0 Å². The number of rotatable bonds is 5. The highest BCUT2D eigenvalue weighted by molar-refractivity contribution is 7.80. The maximum atomic E-state index is 13.1. The van der Waals surface area contributed by atoms with Crippen molar-refractivity contribution in [1.29, 1.82) is 0 Å². The molecule has 0 heterocycles. The molecule has 3 N–H and O–H groups in total. The van der Waals surface area contributed by atoms with E-state index in [0.717, 1.165) is 12.2 Å². The predicted octanol–water partition coefficient (Wildman–Crippen LogP) is 3.16. The number of benzene rings is 1. The van der Waals surface area contributed by atoms with Gasteiger partial charge in [0, 0.05) is 17.8 Å². The zero-order chi connectivity index (χ0) is 13.0. The highest BCUT2D eigenvalue weighted by atomic mass is 32.1. The third kappa shape index (κ3) is 3.97. The van der Waals surface area contributed by atoms with E-state index in [2.05, 4.69) is 26.1 Å². The second kappa shape index (κ2) is 5.96. The van der Waals surface area contributed by atoms with Gasteiger partial charge >= 0.3 is 0 Å². The van der Waals surface area contributed by atoms with Crippen molar-refractivity contribution in [3.63, 3.8) is 0 Å². The zero-order valence-electron chi connectivity index (χ0n) is 10.5. The molecule has 1 rings (SSSR count). The summed E-state index contributed by atoms with van der Waals surface area (Å²) in [6.45, 7) is 7.33. The number of nitrogens with one attached hydrogen (secondary N) is 1. The van der Waals surface area contributed by atoms with Gasteiger partial charge in [-0.3, -0.25) is 0 Å². The normalized spacial score (nSPS) is 12.5. The van der Waals surface area contributed by atoms with Crippen molar-refractivity contribution in [3.05, 3.63) is 29.6 Å².